The largest absolute Gasteiger partial charge is 0.465 e. The highest BCUT2D eigenvalue weighted by molar-refractivity contribution is 5.72. The van der Waals surface area contributed by atoms with Crippen LogP contribution in [0.3, 0.4) is 0 Å². The van der Waals surface area contributed by atoms with E-state index in [0.717, 1.165) is 6.42 Å². The Morgan fingerprint density at radius 1 is 1.19 bits per heavy atom. The summed E-state index contributed by atoms with van der Waals surface area (Å²) in [6.07, 6.45) is 0.789. The second-order valence-corrected chi connectivity index (χ2v) is 4.44. The molecule has 0 fully saturated rings. The average molecular weight is 220 g/mol. The average Bonchev–Trinajstić information content (AvgIpc) is 2.29. The van der Waals surface area contributed by atoms with Gasteiger partial charge >= 0.3 is 5.97 Å². The minimum atomic E-state index is -0.0917. The number of carbonyl (C=O) groups excluding carboxylic acids is 1. The predicted molar refractivity (Wildman–Crippen MR) is 65.1 cm³/mol. The second kappa shape index (κ2) is 6.31. The smallest absolute Gasteiger partial charge is 0.308 e. The summed E-state index contributed by atoms with van der Waals surface area (Å²) in [4.78, 5) is 11.6. The molecule has 2 nitrogen and oxygen atoms in total. The lowest BCUT2D eigenvalue weighted by molar-refractivity contribution is -0.149. The van der Waals surface area contributed by atoms with E-state index in [1.54, 1.807) is 0 Å². The van der Waals surface area contributed by atoms with Crippen molar-refractivity contribution in [2.45, 2.75) is 27.2 Å². The van der Waals surface area contributed by atoms with E-state index in [2.05, 4.69) is 0 Å². The van der Waals surface area contributed by atoms with E-state index < -0.39 is 0 Å². The number of hydrogen-bond donors (Lipinski definition) is 0. The maximum atomic E-state index is 11.6. The minimum absolute atomic E-state index is 0.0178. The van der Waals surface area contributed by atoms with Crippen LogP contribution in [0.1, 0.15) is 26.3 Å². The zero-order valence-electron chi connectivity index (χ0n) is 10.3. The molecule has 0 spiro atoms. The first-order valence-electron chi connectivity index (χ1n) is 5.82. The fourth-order valence-corrected chi connectivity index (χ4v) is 1.32. The van der Waals surface area contributed by atoms with E-state index in [1.807, 2.05) is 51.1 Å². The maximum absolute atomic E-state index is 11.6. The Morgan fingerprint density at radius 2 is 1.81 bits per heavy atom. The highest BCUT2D eigenvalue weighted by atomic mass is 16.5. The number of rotatable bonds is 5. The van der Waals surface area contributed by atoms with Gasteiger partial charge in [0, 0.05) is 6.42 Å². The zero-order valence-corrected chi connectivity index (χ0v) is 10.3. The Hall–Kier alpha value is -1.31. The highest BCUT2D eigenvalue weighted by Gasteiger charge is 2.17. The van der Waals surface area contributed by atoms with Crippen LogP contribution in [-0.2, 0) is 16.0 Å². The van der Waals surface area contributed by atoms with Crippen LogP contribution in [0.15, 0.2) is 30.3 Å². The Kier molecular flexibility index (Phi) is 5.03. The number of benzene rings is 1. The lowest BCUT2D eigenvalue weighted by Gasteiger charge is -2.14. The van der Waals surface area contributed by atoms with Crippen LogP contribution in [0, 0.1) is 11.8 Å². The molecule has 0 aliphatic carbocycles. The number of esters is 1. The standard InChI is InChI=1S/C14H20O2/c1-11(2)12(3)14(15)16-10-9-13-7-5-4-6-8-13/h4-8,11-12H,9-10H2,1-3H3. The molecule has 16 heavy (non-hydrogen) atoms. The summed E-state index contributed by atoms with van der Waals surface area (Å²) in [7, 11) is 0. The molecule has 0 amide bonds. The van der Waals surface area contributed by atoms with Crippen LogP contribution in [0.5, 0.6) is 0 Å². The van der Waals surface area contributed by atoms with Gasteiger partial charge in [0.05, 0.1) is 12.5 Å². The first-order valence-corrected chi connectivity index (χ1v) is 5.82. The Balaban J connectivity index is 2.28. The van der Waals surface area contributed by atoms with Gasteiger partial charge < -0.3 is 4.74 Å². The van der Waals surface area contributed by atoms with Gasteiger partial charge in [-0.05, 0) is 11.5 Å². The van der Waals surface area contributed by atoms with Crippen LogP contribution in [-0.4, -0.2) is 12.6 Å². The van der Waals surface area contributed by atoms with Crippen LogP contribution in [0.4, 0.5) is 0 Å². The van der Waals surface area contributed by atoms with Crippen LogP contribution < -0.4 is 0 Å². The molecule has 0 aliphatic heterocycles. The first-order chi connectivity index (χ1) is 7.61. The van der Waals surface area contributed by atoms with Crippen molar-refractivity contribution < 1.29 is 9.53 Å². The van der Waals surface area contributed by atoms with Crippen LogP contribution in [0.25, 0.3) is 0 Å². The quantitative estimate of drug-likeness (QED) is 0.713. The molecule has 0 bridgehead atoms. The lowest BCUT2D eigenvalue weighted by atomic mass is 9.99. The van der Waals surface area contributed by atoms with Gasteiger partial charge in [-0.25, -0.2) is 0 Å². The van der Waals surface area contributed by atoms with Crippen molar-refractivity contribution in [2.24, 2.45) is 11.8 Å². The van der Waals surface area contributed by atoms with Gasteiger partial charge in [-0.15, -0.1) is 0 Å². The Morgan fingerprint density at radius 3 is 2.38 bits per heavy atom. The SMILES string of the molecule is CC(C)C(C)C(=O)OCCc1ccccc1. The van der Waals surface area contributed by atoms with Gasteiger partial charge in [-0.1, -0.05) is 51.1 Å². The third kappa shape index (κ3) is 4.05. The van der Waals surface area contributed by atoms with Crippen molar-refractivity contribution >= 4 is 5.97 Å². The Bertz CT molecular complexity index is 317. The third-order valence-corrected chi connectivity index (χ3v) is 2.85. The molecule has 0 heterocycles. The molecule has 0 radical (unpaired) electrons. The lowest BCUT2D eigenvalue weighted by Crippen LogP contribution is -2.20. The van der Waals surface area contributed by atoms with Crippen molar-refractivity contribution in [3.63, 3.8) is 0 Å². The zero-order chi connectivity index (χ0) is 12.0. The van der Waals surface area contributed by atoms with Crippen molar-refractivity contribution in [3.05, 3.63) is 35.9 Å². The van der Waals surface area contributed by atoms with E-state index in [9.17, 15) is 4.79 Å². The van der Waals surface area contributed by atoms with E-state index in [4.69, 9.17) is 4.74 Å². The third-order valence-electron chi connectivity index (χ3n) is 2.85. The molecule has 0 saturated carbocycles. The minimum Gasteiger partial charge on any atom is -0.465 e. The maximum Gasteiger partial charge on any atom is 0.308 e. The van der Waals surface area contributed by atoms with Crippen molar-refractivity contribution in [1.29, 1.82) is 0 Å². The summed E-state index contributed by atoms with van der Waals surface area (Å²) in [6.45, 7) is 6.45. The summed E-state index contributed by atoms with van der Waals surface area (Å²) in [5, 5.41) is 0. The van der Waals surface area contributed by atoms with Crippen LogP contribution >= 0.6 is 0 Å². The molecular weight excluding hydrogens is 200 g/mol. The molecule has 0 aliphatic rings. The Labute approximate surface area is 97.6 Å². The predicted octanol–water partition coefficient (Wildman–Crippen LogP) is 3.06. The normalized spacial score (nSPS) is 12.5. The molecule has 1 aromatic carbocycles. The molecular formula is C14H20O2. The fourth-order valence-electron chi connectivity index (χ4n) is 1.32. The number of hydrogen-bond acceptors (Lipinski definition) is 2. The van der Waals surface area contributed by atoms with E-state index in [-0.39, 0.29) is 11.9 Å². The fraction of sp³-hybridized carbons (Fsp3) is 0.500. The first kappa shape index (κ1) is 12.8. The summed E-state index contributed by atoms with van der Waals surface area (Å²) in [6, 6.07) is 10.1. The summed E-state index contributed by atoms with van der Waals surface area (Å²) in [5.41, 5.74) is 1.20. The van der Waals surface area contributed by atoms with Gasteiger partial charge in [-0.3, -0.25) is 4.79 Å². The summed E-state index contributed by atoms with van der Waals surface area (Å²) in [5.74, 6) is 0.228. The van der Waals surface area contributed by atoms with E-state index in [1.165, 1.54) is 5.56 Å². The van der Waals surface area contributed by atoms with E-state index in [0.29, 0.717) is 12.5 Å². The van der Waals surface area contributed by atoms with Gasteiger partial charge in [0.1, 0.15) is 0 Å². The molecule has 0 saturated heterocycles. The molecule has 0 N–H and O–H groups in total. The van der Waals surface area contributed by atoms with Gasteiger partial charge in [0.25, 0.3) is 0 Å². The highest BCUT2D eigenvalue weighted by Crippen LogP contribution is 2.11. The van der Waals surface area contributed by atoms with Gasteiger partial charge in [0.15, 0.2) is 0 Å². The second-order valence-electron chi connectivity index (χ2n) is 4.44. The molecule has 1 atom stereocenters. The number of carbonyl (C=O) groups is 1. The van der Waals surface area contributed by atoms with Gasteiger partial charge in [-0.2, -0.15) is 0 Å². The molecule has 1 aromatic rings. The molecule has 2 heteroatoms. The van der Waals surface area contributed by atoms with Crippen molar-refractivity contribution in [1.82, 2.24) is 0 Å². The van der Waals surface area contributed by atoms with Crippen molar-refractivity contribution in [3.8, 4) is 0 Å². The van der Waals surface area contributed by atoms with Crippen molar-refractivity contribution in [2.75, 3.05) is 6.61 Å². The number of ether oxygens (including phenoxy) is 1. The topological polar surface area (TPSA) is 26.3 Å². The molecule has 88 valence electrons. The summed E-state index contributed by atoms with van der Waals surface area (Å²) >= 11 is 0. The molecule has 1 unspecified atom stereocenters. The van der Waals surface area contributed by atoms with Gasteiger partial charge in [0.2, 0.25) is 0 Å². The van der Waals surface area contributed by atoms with Crippen LogP contribution in [0.2, 0.25) is 0 Å². The summed E-state index contributed by atoms with van der Waals surface area (Å²) < 4.78 is 5.23. The molecule has 0 aromatic heterocycles. The monoisotopic (exact) mass is 220 g/mol. The molecule has 1 rings (SSSR count). The van der Waals surface area contributed by atoms with E-state index >= 15 is 0 Å².